The van der Waals surface area contributed by atoms with Crippen molar-refractivity contribution < 1.29 is 14.3 Å². The van der Waals surface area contributed by atoms with Gasteiger partial charge in [-0.25, -0.2) is 0 Å². The van der Waals surface area contributed by atoms with E-state index in [-0.39, 0.29) is 10.1 Å². The molecule has 0 unspecified atom stereocenters. The van der Waals surface area contributed by atoms with E-state index in [0.717, 1.165) is 17.2 Å². The van der Waals surface area contributed by atoms with Crippen molar-refractivity contribution in [1.29, 1.82) is 0 Å². The number of rotatable bonds is 9. The Kier molecular flexibility index (Phi) is 8.68. The summed E-state index contributed by atoms with van der Waals surface area (Å²) in [6.45, 7) is 6.83. The van der Waals surface area contributed by atoms with Crippen LogP contribution in [-0.4, -0.2) is 32.0 Å². The molecule has 0 radical (unpaired) electrons. The molecule has 0 heterocycles. The summed E-state index contributed by atoms with van der Waals surface area (Å²) in [5.74, 6) is 2.17. The van der Waals surface area contributed by atoms with Crippen LogP contribution in [0.4, 0.5) is 5.69 Å². The predicted molar refractivity (Wildman–Crippen MR) is 121 cm³/mol. The zero-order valence-electron chi connectivity index (χ0n) is 17.1. The summed E-state index contributed by atoms with van der Waals surface area (Å²) in [7, 11) is 1.99. The van der Waals surface area contributed by atoms with E-state index in [9.17, 15) is 0 Å². The fourth-order valence-electron chi connectivity index (χ4n) is 2.17. The van der Waals surface area contributed by atoms with E-state index in [4.69, 9.17) is 37.5 Å². The minimum Gasteiger partial charge on any atom is -0.489 e. The van der Waals surface area contributed by atoms with Crippen molar-refractivity contribution in [3.8, 4) is 17.2 Å². The third-order valence-electron chi connectivity index (χ3n) is 3.58. The highest BCUT2D eigenvalue weighted by Gasteiger charge is 2.09. The lowest BCUT2D eigenvalue weighted by Crippen LogP contribution is -2.21. The number of halogens is 2. The van der Waals surface area contributed by atoms with Crippen molar-refractivity contribution >= 4 is 35.1 Å². The van der Waals surface area contributed by atoms with Crippen LogP contribution < -0.4 is 14.4 Å². The van der Waals surface area contributed by atoms with Gasteiger partial charge in [0.05, 0.1) is 12.8 Å². The van der Waals surface area contributed by atoms with E-state index in [0.29, 0.717) is 18.9 Å². The largest absolute Gasteiger partial charge is 0.489 e. The lowest BCUT2D eigenvalue weighted by Gasteiger charge is -2.18. The van der Waals surface area contributed by atoms with Gasteiger partial charge in [-0.2, -0.15) is 0 Å². The van der Waals surface area contributed by atoms with Crippen LogP contribution in [0.5, 0.6) is 17.2 Å². The average Bonchev–Trinajstić information content (AvgIpc) is 2.66. The second-order valence-electron chi connectivity index (χ2n) is 7.24. The van der Waals surface area contributed by atoms with Crippen molar-refractivity contribution in [2.45, 2.75) is 26.4 Å². The molecule has 29 heavy (non-hydrogen) atoms. The van der Waals surface area contributed by atoms with E-state index in [1.165, 1.54) is 0 Å². The van der Waals surface area contributed by atoms with E-state index in [1.807, 2.05) is 76.3 Å². The highest BCUT2D eigenvalue weighted by atomic mass is 35.5. The molecule has 0 atom stereocenters. The summed E-state index contributed by atoms with van der Waals surface area (Å²) in [5, 5.41) is 4.00. The maximum Gasteiger partial charge on any atom is 0.129 e. The minimum absolute atomic E-state index is 0.185. The molecular weight excluding hydrogens is 411 g/mol. The molecular formula is C22H26Cl2N2O3. The molecule has 0 saturated carbocycles. The van der Waals surface area contributed by atoms with Gasteiger partial charge in [0, 0.05) is 12.7 Å². The number of hydrogen-bond acceptors (Lipinski definition) is 5. The Bertz CT molecular complexity index is 809. The zero-order chi connectivity index (χ0) is 21.3. The molecule has 2 aromatic carbocycles. The van der Waals surface area contributed by atoms with Crippen LogP contribution in [-0.2, 0) is 4.84 Å². The topological polar surface area (TPSA) is 43.3 Å². The Morgan fingerprint density at radius 1 is 0.966 bits per heavy atom. The first kappa shape index (κ1) is 22.9. The molecule has 0 aliphatic heterocycles. The van der Waals surface area contributed by atoms with E-state index in [1.54, 1.807) is 12.3 Å². The van der Waals surface area contributed by atoms with Crippen LogP contribution in [0.25, 0.3) is 0 Å². The lowest BCUT2D eigenvalue weighted by atomic mass is 10.2. The first-order valence-electron chi connectivity index (χ1n) is 9.16. The van der Waals surface area contributed by atoms with Gasteiger partial charge in [0.15, 0.2) is 0 Å². The van der Waals surface area contributed by atoms with Crippen LogP contribution in [0.2, 0.25) is 0 Å². The van der Waals surface area contributed by atoms with Crippen molar-refractivity contribution in [1.82, 2.24) is 0 Å². The summed E-state index contributed by atoms with van der Waals surface area (Å²) >= 11 is 11.1. The molecule has 156 valence electrons. The molecule has 0 N–H and O–H groups in total. The van der Waals surface area contributed by atoms with Gasteiger partial charge in [0.2, 0.25) is 0 Å². The molecule has 5 nitrogen and oxygen atoms in total. The predicted octanol–water partition coefficient (Wildman–Crippen LogP) is 6.41. The van der Waals surface area contributed by atoms with Crippen LogP contribution in [0.1, 0.15) is 20.8 Å². The average molecular weight is 437 g/mol. The summed E-state index contributed by atoms with van der Waals surface area (Å²) in [4.78, 5) is 7.40. The second-order valence-corrected chi connectivity index (χ2v) is 8.25. The molecule has 2 rings (SSSR count). The van der Waals surface area contributed by atoms with Gasteiger partial charge < -0.3 is 19.2 Å². The SMILES string of the molecule is CN(CC=NOC(C)(C)C)c1ccc(Oc2ccc(OCC=C(Cl)Cl)cc2)cc1. The molecule has 2 aromatic rings. The Balaban J connectivity index is 1.86. The fourth-order valence-corrected chi connectivity index (χ4v) is 2.29. The summed E-state index contributed by atoms with van der Waals surface area (Å²) in [5.41, 5.74) is 0.766. The zero-order valence-corrected chi connectivity index (χ0v) is 18.6. The Hall–Kier alpha value is -2.37. The first-order valence-corrected chi connectivity index (χ1v) is 9.91. The molecule has 0 spiro atoms. The Morgan fingerprint density at radius 2 is 1.52 bits per heavy atom. The maximum absolute atomic E-state index is 5.87. The smallest absolute Gasteiger partial charge is 0.129 e. The van der Waals surface area contributed by atoms with Crippen LogP contribution in [0.15, 0.2) is 64.3 Å². The van der Waals surface area contributed by atoms with E-state index in [2.05, 4.69) is 10.1 Å². The molecule has 0 bridgehead atoms. The van der Waals surface area contributed by atoms with Gasteiger partial charge in [0.25, 0.3) is 0 Å². The van der Waals surface area contributed by atoms with Crippen LogP contribution >= 0.6 is 23.2 Å². The van der Waals surface area contributed by atoms with Gasteiger partial charge in [-0.05, 0) is 75.4 Å². The van der Waals surface area contributed by atoms with Gasteiger partial charge >= 0.3 is 0 Å². The summed E-state index contributed by atoms with van der Waals surface area (Å²) in [6, 6.07) is 15.2. The highest BCUT2D eigenvalue weighted by molar-refractivity contribution is 6.55. The molecule has 0 fully saturated rings. The Labute approximate surface area is 182 Å². The fraction of sp³-hybridized carbons (Fsp3) is 0.318. The third-order valence-corrected chi connectivity index (χ3v) is 3.89. The maximum atomic E-state index is 5.87. The highest BCUT2D eigenvalue weighted by Crippen LogP contribution is 2.26. The summed E-state index contributed by atoms with van der Waals surface area (Å²) < 4.78 is 11.6. The monoisotopic (exact) mass is 436 g/mol. The lowest BCUT2D eigenvalue weighted by molar-refractivity contribution is 0.00172. The second kappa shape index (κ2) is 11.0. The third kappa shape index (κ3) is 9.11. The number of hydrogen-bond donors (Lipinski definition) is 0. The molecule has 0 aliphatic carbocycles. The molecule has 0 saturated heterocycles. The number of ether oxygens (including phenoxy) is 2. The van der Waals surface area contributed by atoms with Crippen molar-refractivity contribution in [3.63, 3.8) is 0 Å². The van der Waals surface area contributed by atoms with E-state index >= 15 is 0 Å². The Morgan fingerprint density at radius 3 is 2.07 bits per heavy atom. The number of oxime groups is 1. The standard InChI is InChI=1S/C22H26Cl2N2O3/c1-22(2,3)29-25-14-15-26(4)17-5-7-19(8-6-17)28-20-11-9-18(10-12-20)27-16-13-21(23)24/h5-14H,15-16H2,1-4H3. The van der Waals surface area contributed by atoms with Crippen LogP contribution in [0.3, 0.4) is 0 Å². The van der Waals surface area contributed by atoms with Crippen molar-refractivity contribution in [3.05, 3.63) is 59.1 Å². The first-order chi connectivity index (χ1) is 13.7. The van der Waals surface area contributed by atoms with Gasteiger partial charge in [0.1, 0.15) is 33.9 Å². The number of benzene rings is 2. The van der Waals surface area contributed by atoms with Crippen molar-refractivity contribution in [2.24, 2.45) is 5.16 Å². The van der Waals surface area contributed by atoms with Crippen LogP contribution in [0, 0.1) is 0 Å². The molecule has 0 aliphatic rings. The summed E-state index contributed by atoms with van der Waals surface area (Å²) in [6.07, 6.45) is 3.33. The quantitative estimate of drug-likeness (QED) is 0.336. The van der Waals surface area contributed by atoms with Crippen molar-refractivity contribution in [2.75, 3.05) is 25.1 Å². The van der Waals surface area contributed by atoms with Gasteiger partial charge in [-0.15, -0.1) is 0 Å². The molecule has 0 aromatic heterocycles. The van der Waals surface area contributed by atoms with Gasteiger partial charge in [-0.3, -0.25) is 0 Å². The molecule has 0 amide bonds. The van der Waals surface area contributed by atoms with E-state index < -0.39 is 0 Å². The molecule has 7 heteroatoms. The normalized spacial score (nSPS) is 11.2. The number of nitrogens with zero attached hydrogens (tertiary/aromatic N) is 2. The number of anilines is 1. The van der Waals surface area contributed by atoms with Gasteiger partial charge in [-0.1, -0.05) is 28.4 Å². The minimum atomic E-state index is -0.284.